The molecule has 6 heteroatoms. The van der Waals surface area contributed by atoms with Crippen molar-refractivity contribution in [2.75, 3.05) is 19.8 Å². The van der Waals surface area contributed by atoms with Crippen molar-refractivity contribution in [3.8, 4) is 5.75 Å². The van der Waals surface area contributed by atoms with Gasteiger partial charge in [0.15, 0.2) is 6.61 Å². The zero-order valence-electron chi connectivity index (χ0n) is 14.2. The third-order valence-corrected chi connectivity index (χ3v) is 4.26. The van der Waals surface area contributed by atoms with E-state index in [-0.39, 0.29) is 37.8 Å². The number of ether oxygens (including phenoxy) is 2. The predicted octanol–water partition coefficient (Wildman–Crippen LogP) is 2.00. The number of benzene rings is 1. The number of hydrogen-bond acceptors (Lipinski definition) is 5. The quantitative estimate of drug-likeness (QED) is 0.805. The van der Waals surface area contributed by atoms with Crippen LogP contribution in [0.1, 0.15) is 43.5 Å². The largest absolute Gasteiger partial charge is 0.484 e. The summed E-state index contributed by atoms with van der Waals surface area (Å²) in [5, 5.41) is 8.64. The maximum Gasteiger partial charge on any atom is 0.338 e. The summed E-state index contributed by atoms with van der Waals surface area (Å²) in [7, 11) is 0. The average Bonchev–Trinajstić information content (AvgIpc) is 2.58. The van der Waals surface area contributed by atoms with Crippen LogP contribution in [0.2, 0.25) is 0 Å². The van der Waals surface area contributed by atoms with Crippen LogP contribution in [0.15, 0.2) is 24.3 Å². The number of rotatable bonds is 6. The molecule has 1 saturated heterocycles. The van der Waals surface area contributed by atoms with Gasteiger partial charge in [0.05, 0.1) is 12.2 Å². The number of carbonyl (C=O) groups is 2. The van der Waals surface area contributed by atoms with Crippen molar-refractivity contribution in [3.05, 3.63) is 29.8 Å². The second kappa shape index (κ2) is 8.68. The van der Waals surface area contributed by atoms with Crippen LogP contribution in [0.3, 0.4) is 0 Å². The van der Waals surface area contributed by atoms with Gasteiger partial charge in [0, 0.05) is 12.1 Å². The van der Waals surface area contributed by atoms with Crippen LogP contribution in [-0.2, 0) is 9.53 Å². The van der Waals surface area contributed by atoms with Gasteiger partial charge in [-0.25, -0.2) is 4.79 Å². The van der Waals surface area contributed by atoms with Crippen LogP contribution < -0.4 is 4.74 Å². The smallest absolute Gasteiger partial charge is 0.338 e. The van der Waals surface area contributed by atoms with E-state index in [0.29, 0.717) is 11.3 Å². The molecule has 24 heavy (non-hydrogen) atoms. The first-order chi connectivity index (χ1) is 11.5. The molecular formula is C18H25NO5. The number of carbonyl (C=O) groups excluding carboxylic acids is 2. The molecule has 132 valence electrons. The summed E-state index contributed by atoms with van der Waals surface area (Å²) in [5.74, 6) is 0.0168. The van der Waals surface area contributed by atoms with Crippen molar-refractivity contribution >= 4 is 11.9 Å². The highest BCUT2D eigenvalue weighted by atomic mass is 16.5. The molecule has 2 rings (SSSR count). The minimum atomic E-state index is -0.498. The van der Waals surface area contributed by atoms with E-state index in [9.17, 15) is 9.59 Å². The molecule has 6 nitrogen and oxygen atoms in total. The van der Waals surface area contributed by atoms with Crippen LogP contribution in [0, 0.1) is 0 Å². The van der Waals surface area contributed by atoms with Crippen molar-refractivity contribution in [3.63, 3.8) is 0 Å². The molecule has 0 aromatic heterocycles. The lowest BCUT2D eigenvalue weighted by Crippen LogP contribution is -2.49. The number of nitrogens with zero attached hydrogens (tertiary/aromatic N) is 1. The first-order valence-electron chi connectivity index (χ1n) is 8.35. The molecule has 0 radical (unpaired) electrons. The molecule has 0 bridgehead atoms. The van der Waals surface area contributed by atoms with Gasteiger partial charge in [-0.3, -0.25) is 4.79 Å². The molecule has 1 aromatic carbocycles. The average molecular weight is 335 g/mol. The number of piperidine rings is 1. The van der Waals surface area contributed by atoms with Gasteiger partial charge in [0.25, 0.3) is 5.91 Å². The Labute approximate surface area is 142 Å². The fourth-order valence-corrected chi connectivity index (χ4v) is 3.04. The van der Waals surface area contributed by atoms with Gasteiger partial charge in [-0.2, -0.15) is 0 Å². The Bertz CT molecular complexity index is 547. The number of aliphatic hydroxyl groups is 1. The van der Waals surface area contributed by atoms with Gasteiger partial charge in [-0.1, -0.05) is 0 Å². The zero-order valence-corrected chi connectivity index (χ0v) is 14.2. The number of esters is 1. The monoisotopic (exact) mass is 335 g/mol. The van der Waals surface area contributed by atoms with Crippen molar-refractivity contribution in [2.45, 2.75) is 45.2 Å². The fourth-order valence-electron chi connectivity index (χ4n) is 3.04. The molecule has 0 spiro atoms. The summed E-state index contributed by atoms with van der Waals surface area (Å²) < 4.78 is 10.4. The highest BCUT2D eigenvalue weighted by Gasteiger charge is 2.28. The van der Waals surface area contributed by atoms with Crippen LogP contribution in [0.25, 0.3) is 0 Å². The van der Waals surface area contributed by atoms with Gasteiger partial charge >= 0.3 is 5.97 Å². The molecule has 1 aliphatic rings. The normalized spacial score (nSPS) is 20.5. The summed E-state index contributed by atoms with van der Waals surface area (Å²) in [6.07, 6.45) is 3.21. The van der Waals surface area contributed by atoms with Crippen molar-refractivity contribution in [1.82, 2.24) is 4.90 Å². The van der Waals surface area contributed by atoms with E-state index >= 15 is 0 Å². The number of amides is 1. The molecule has 1 aliphatic heterocycles. The molecule has 1 heterocycles. The zero-order chi connectivity index (χ0) is 17.5. The lowest BCUT2D eigenvalue weighted by molar-refractivity contribution is -0.139. The molecular weight excluding hydrogens is 310 g/mol. The standard InChI is InChI=1S/C18H25NO5/c1-13-4-3-5-14(2)19(13)17(21)12-24-16-8-6-15(7-9-16)18(22)23-11-10-20/h6-9,13-14,20H,3-5,10-12H2,1-2H3/t13-,14+. The van der Waals surface area contributed by atoms with Crippen molar-refractivity contribution < 1.29 is 24.2 Å². The maximum atomic E-state index is 12.4. The van der Waals surface area contributed by atoms with Crippen LogP contribution in [0.5, 0.6) is 5.75 Å². The Morgan fingerprint density at radius 2 is 1.79 bits per heavy atom. The van der Waals surface area contributed by atoms with Gasteiger partial charge in [-0.05, 0) is 57.4 Å². The molecule has 1 fully saturated rings. The second-order valence-electron chi connectivity index (χ2n) is 6.10. The third kappa shape index (κ3) is 4.71. The van der Waals surface area contributed by atoms with Gasteiger partial charge < -0.3 is 19.5 Å². The number of aliphatic hydroxyl groups excluding tert-OH is 1. The Kier molecular flexibility index (Phi) is 6.61. The minimum absolute atomic E-state index is 0.0109. The third-order valence-electron chi connectivity index (χ3n) is 4.26. The van der Waals surface area contributed by atoms with E-state index in [1.165, 1.54) is 0 Å². The molecule has 1 aromatic rings. The number of hydrogen-bond donors (Lipinski definition) is 1. The van der Waals surface area contributed by atoms with E-state index in [2.05, 4.69) is 13.8 Å². The van der Waals surface area contributed by atoms with E-state index in [4.69, 9.17) is 14.6 Å². The highest BCUT2D eigenvalue weighted by molar-refractivity contribution is 5.89. The van der Waals surface area contributed by atoms with Crippen LogP contribution in [0.4, 0.5) is 0 Å². The van der Waals surface area contributed by atoms with Gasteiger partial charge in [0.1, 0.15) is 12.4 Å². The summed E-state index contributed by atoms with van der Waals surface area (Å²) in [5.41, 5.74) is 0.375. The molecule has 1 amide bonds. The van der Waals surface area contributed by atoms with E-state index in [1.54, 1.807) is 24.3 Å². The molecule has 0 saturated carbocycles. The summed E-state index contributed by atoms with van der Waals surface area (Å²) in [6.45, 7) is 3.89. The van der Waals surface area contributed by atoms with Gasteiger partial charge in [-0.15, -0.1) is 0 Å². The van der Waals surface area contributed by atoms with Crippen LogP contribution >= 0.6 is 0 Å². The van der Waals surface area contributed by atoms with E-state index < -0.39 is 5.97 Å². The fraction of sp³-hybridized carbons (Fsp3) is 0.556. The van der Waals surface area contributed by atoms with Crippen LogP contribution in [-0.4, -0.2) is 53.8 Å². The second-order valence-corrected chi connectivity index (χ2v) is 6.10. The first kappa shape index (κ1) is 18.3. The van der Waals surface area contributed by atoms with Crippen molar-refractivity contribution in [2.24, 2.45) is 0 Å². The Balaban J connectivity index is 1.87. The summed E-state index contributed by atoms with van der Waals surface area (Å²) >= 11 is 0. The summed E-state index contributed by atoms with van der Waals surface area (Å²) in [4.78, 5) is 25.9. The lowest BCUT2D eigenvalue weighted by Gasteiger charge is -2.38. The van der Waals surface area contributed by atoms with E-state index in [1.807, 2.05) is 4.90 Å². The predicted molar refractivity (Wildman–Crippen MR) is 88.9 cm³/mol. The molecule has 2 atom stereocenters. The van der Waals surface area contributed by atoms with E-state index in [0.717, 1.165) is 19.3 Å². The molecule has 1 N–H and O–H groups in total. The minimum Gasteiger partial charge on any atom is -0.484 e. The SMILES string of the molecule is C[C@@H]1CCC[C@H](C)N1C(=O)COc1ccc(C(=O)OCCO)cc1. The first-order valence-corrected chi connectivity index (χ1v) is 8.35. The molecule has 0 unspecified atom stereocenters. The maximum absolute atomic E-state index is 12.4. The number of likely N-dealkylation sites (tertiary alicyclic amines) is 1. The Morgan fingerprint density at radius 1 is 1.17 bits per heavy atom. The Morgan fingerprint density at radius 3 is 2.38 bits per heavy atom. The van der Waals surface area contributed by atoms with Gasteiger partial charge in [0.2, 0.25) is 0 Å². The topological polar surface area (TPSA) is 76.1 Å². The Hall–Kier alpha value is -2.08. The lowest BCUT2D eigenvalue weighted by atomic mass is 9.97. The molecule has 0 aliphatic carbocycles. The summed E-state index contributed by atoms with van der Waals surface area (Å²) in [6, 6.07) is 6.90. The van der Waals surface area contributed by atoms with Crippen molar-refractivity contribution in [1.29, 1.82) is 0 Å². The highest BCUT2D eigenvalue weighted by Crippen LogP contribution is 2.23.